The van der Waals surface area contributed by atoms with E-state index in [-0.39, 0.29) is 29.3 Å². The van der Waals surface area contributed by atoms with Crippen LogP contribution < -0.4 is 11.3 Å². The Morgan fingerprint density at radius 2 is 2.14 bits per heavy atom. The van der Waals surface area contributed by atoms with E-state index in [1.165, 1.54) is 22.5 Å². The van der Waals surface area contributed by atoms with Gasteiger partial charge in [-0.2, -0.15) is 4.98 Å². The SMILES string of the molecule is Cn1c(N)nc2c(ncn2[C@@H]2C[C@H](CO)[C@H](O)C2O)c1=O. The summed E-state index contributed by atoms with van der Waals surface area (Å²) in [5, 5.41) is 29.3. The van der Waals surface area contributed by atoms with Crippen molar-refractivity contribution in [2.75, 3.05) is 12.3 Å². The normalized spacial score (nSPS) is 29.3. The highest BCUT2D eigenvalue weighted by Crippen LogP contribution is 2.36. The Balaban J connectivity index is 2.12. The molecule has 114 valence electrons. The molecule has 0 bridgehead atoms. The number of rotatable bonds is 2. The van der Waals surface area contributed by atoms with Gasteiger partial charge in [-0.05, 0) is 6.42 Å². The lowest BCUT2D eigenvalue weighted by molar-refractivity contribution is -0.00370. The monoisotopic (exact) mass is 295 g/mol. The highest BCUT2D eigenvalue weighted by molar-refractivity contribution is 5.71. The number of hydrogen-bond acceptors (Lipinski definition) is 7. The minimum atomic E-state index is -1.06. The minimum absolute atomic E-state index is 0.0426. The molecule has 4 atom stereocenters. The second-order valence-electron chi connectivity index (χ2n) is 5.39. The third-order valence-corrected chi connectivity index (χ3v) is 4.20. The van der Waals surface area contributed by atoms with Gasteiger partial charge in [0.1, 0.15) is 6.10 Å². The smallest absolute Gasteiger partial charge is 0.282 e. The number of nitrogens with two attached hydrogens (primary N) is 1. The fourth-order valence-corrected chi connectivity index (χ4v) is 2.86. The molecule has 1 aliphatic carbocycles. The van der Waals surface area contributed by atoms with Gasteiger partial charge in [-0.3, -0.25) is 9.36 Å². The van der Waals surface area contributed by atoms with Gasteiger partial charge in [-0.1, -0.05) is 0 Å². The largest absolute Gasteiger partial charge is 0.396 e. The number of nitrogens with zero attached hydrogens (tertiary/aromatic N) is 4. The number of anilines is 1. The fourth-order valence-electron chi connectivity index (χ4n) is 2.86. The molecule has 0 radical (unpaired) electrons. The zero-order valence-corrected chi connectivity index (χ0v) is 11.4. The molecule has 2 aromatic rings. The second-order valence-corrected chi connectivity index (χ2v) is 5.39. The molecule has 0 saturated heterocycles. The Morgan fingerprint density at radius 3 is 2.76 bits per heavy atom. The summed E-state index contributed by atoms with van der Waals surface area (Å²) in [5.74, 6) is -0.382. The molecule has 0 aromatic carbocycles. The van der Waals surface area contributed by atoms with Crippen molar-refractivity contribution in [2.45, 2.75) is 24.7 Å². The topological polar surface area (TPSA) is 139 Å². The molecule has 0 spiro atoms. The molecule has 9 nitrogen and oxygen atoms in total. The van der Waals surface area contributed by atoms with Gasteiger partial charge >= 0.3 is 0 Å². The maximum atomic E-state index is 12.1. The Labute approximate surface area is 119 Å². The van der Waals surface area contributed by atoms with Crippen LogP contribution in [-0.4, -0.2) is 53.2 Å². The molecular weight excluding hydrogens is 278 g/mol. The predicted molar refractivity (Wildman–Crippen MR) is 73.4 cm³/mol. The van der Waals surface area contributed by atoms with Crippen LogP contribution in [0.25, 0.3) is 11.2 Å². The van der Waals surface area contributed by atoms with E-state index < -0.39 is 24.2 Å². The van der Waals surface area contributed by atoms with Crippen LogP contribution in [0.3, 0.4) is 0 Å². The molecule has 1 fully saturated rings. The molecule has 1 saturated carbocycles. The van der Waals surface area contributed by atoms with E-state index in [1.54, 1.807) is 0 Å². The standard InChI is InChI=1S/C12H17N5O4/c1-16-11(21)7-10(15-12(16)13)17(4-14-7)6-2-5(3-18)8(19)9(6)20/h4-6,8-9,18-20H,2-3H2,1H3,(H2,13,15)/t5-,6-,8+,9?/m1/s1. The highest BCUT2D eigenvalue weighted by Gasteiger charge is 2.42. The Morgan fingerprint density at radius 1 is 1.43 bits per heavy atom. The number of aromatic nitrogens is 4. The Hall–Kier alpha value is -1.97. The molecule has 3 rings (SSSR count). The van der Waals surface area contributed by atoms with Gasteiger partial charge in [0.15, 0.2) is 11.2 Å². The summed E-state index contributed by atoms with van der Waals surface area (Å²) in [6, 6.07) is -0.513. The zero-order chi connectivity index (χ0) is 15.3. The molecule has 5 N–H and O–H groups in total. The van der Waals surface area contributed by atoms with Crippen LogP contribution in [0.5, 0.6) is 0 Å². The first-order valence-corrected chi connectivity index (χ1v) is 6.61. The van der Waals surface area contributed by atoms with Crippen molar-refractivity contribution in [3.63, 3.8) is 0 Å². The first kappa shape index (κ1) is 14.0. The van der Waals surface area contributed by atoms with Gasteiger partial charge < -0.3 is 25.6 Å². The average Bonchev–Trinajstić information content (AvgIpc) is 2.99. The van der Waals surface area contributed by atoms with Crippen molar-refractivity contribution in [3.05, 3.63) is 16.7 Å². The Bertz CT molecular complexity index is 739. The lowest BCUT2D eigenvalue weighted by Crippen LogP contribution is -2.30. The van der Waals surface area contributed by atoms with Crippen LogP contribution in [-0.2, 0) is 7.05 Å². The molecular formula is C12H17N5O4. The van der Waals surface area contributed by atoms with Gasteiger partial charge in [-0.15, -0.1) is 0 Å². The van der Waals surface area contributed by atoms with E-state index in [1.807, 2.05) is 0 Å². The molecule has 9 heteroatoms. The predicted octanol–water partition coefficient (Wildman–Crippen LogP) is -2.01. The van der Waals surface area contributed by atoms with Gasteiger partial charge in [0.05, 0.1) is 18.5 Å². The van der Waals surface area contributed by atoms with Crippen molar-refractivity contribution in [1.82, 2.24) is 19.1 Å². The van der Waals surface area contributed by atoms with Crippen LogP contribution in [0.1, 0.15) is 12.5 Å². The van der Waals surface area contributed by atoms with E-state index in [0.29, 0.717) is 6.42 Å². The van der Waals surface area contributed by atoms with Crippen LogP contribution in [0.2, 0.25) is 0 Å². The number of aliphatic hydroxyl groups excluding tert-OH is 3. The van der Waals surface area contributed by atoms with E-state index in [0.717, 1.165) is 0 Å². The molecule has 0 aliphatic heterocycles. The molecule has 21 heavy (non-hydrogen) atoms. The number of fused-ring (bicyclic) bond motifs is 1. The van der Waals surface area contributed by atoms with Crippen LogP contribution in [0.15, 0.2) is 11.1 Å². The minimum Gasteiger partial charge on any atom is -0.396 e. The summed E-state index contributed by atoms with van der Waals surface area (Å²) in [4.78, 5) is 20.2. The Kier molecular flexibility index (Phi) is 3.19. The lowest BCUT2D eigenvalue weighted by atomic mass is 10.1. The molecule has 0 amide bonds. The summed E-state index contributed by atoms with van der Waals surface area (Å²) in [6.07, 6.45) is -0.326. The molecule has 2 aromatic heterocycles. The average molecular weight is 295 g/mol. The lowest BCUT2D eigenvalue weighted by Gasteiger charge is -2.18. The van der Waals surface area contributed by atoms with E-state index in [4.69, 9.17) is 5.73 Å². The van der Waals surface area contributed by atoms with Crippen LogP contribution >= 0.6 is 0 Å². The van der Waals surface area contributed by atoms with E-state index in [2.05, 4.69) is 9.97 Å². The van der Waals surface area contributed by atoms with E-state index in [9.17, 15) is 20.1 Å². The number of imidazole rings is 1. The van der Waals surface area contributed by atoms with Gasteiger partial charge in [0.25, 0.3) is 5.56 Å². The molecule has 1 unspecified atom stereocenters. The maximum Gasteiger partial charge on any atom is 0.282 e. The van der Waals surface area contributed by atoms with Crippen molar-refractivity contribution < 1.29 is 15.3 Å². The summed E-state index contributed by atoms with van der Waals surface area (Å²) >= 11 is 0. The third-order valence-electron chi connectivity index (χ3n) is 4.20. The summed E-state index contributed by atoms with van der Waals surface area (Å²) in [6.45, 7) is -0.224. The van der Waals surface area contributed by atoms with Crippen molar-refractivity contribution in [3.8, 4) is 0 Å². The van der Waals surface area contributed by atoms with Crippen molar-refractivity contribution in [1.29, 1.82) is 0 Å². The van der Waals surface area contributed by atoms with Crippen molar-refractivity contribution in [2.24, 2.45) is 13.0 Å². The van der Waals surface area contributed by atoms with E-state index >= 15 is 0 Å². The zero-order valence-electron chi connectivity index (χ0n) is 11.4. The third kappa shape index (κ3) is 1.93. The quantitative estimate of drug-likeness (QED) is 0.502. The summed E-state index contributed by atoms with van der Waals surface area (Å²) in [5.41, 5.74) is 5.74. The summed E-state index contributed by atoms with van der Waals surface area (Å²) in [7, 11) is 1.50. The first-order valence-electron chi connectivity index (χ1n) is 6.61. The fraction of sp³-hybridized carbons (Fsp3) is 0.583. The van der Waals surface area contributed by atoms with Gasteiger partial charge in [-0.25, -0.2) is 4.98 Å². The van der Waals surface area contributed by atoms with Gasteiger partial charge in [0.2, 0.25) is 5.95 Å². The van der Waals surface area contributed by atoms with Gasteiger partial charge in [0, 0.05) is 19.6 Å². The number of hydrogen-bond donors (Lipinski definition) is 4. The second kappa shape index (κ2) is 4.79. The van der Waals surface area contributed by atoms with Crippen LogP contribution in [0.4, 0.5) is 5.95 Å². The number of aliphatic hydroxyl groups is 3. The molecule has 2 heterocycles. The number of nitrogen functional groups attached to an aromatic ring is 1. The molecule has 1 aliphatic rings. The maximum absolute atomic E-state index is 12.1. The van der Waals surface area contributed by atoms with Crippen LogP contribution in [0, 0.1) is 5.92 Å². The highest BCUT2D eigenvalue weighted by atomic mass is 16.3. The summed E-state index contributed by atoms with van der Waals surface area (Å²) < 4.78 is 2.73. The van der Waals surface area contributed by atoms with Crippen molar-refractivity contribution >= 4 is 17.1 Å². The first-order chi connectivity index (χ1) is 9.95.